The molecule has 0 aromatic carbocycles. The van der Waals surface area contributed by atoms with Crippen LogP contribution >= 0.6 is 0 Å². The highest BCUT2D eigenvalue weighted by Gasteiger charge is 2.73. The van der Waals surface area contributed by atoms with Crippen LogP contribution in [0.15, 0.2) is 0 Å². The summed E-state index contributed by atoms with van der Waals surface area (Å²) in [6.45, 7) is 6.09. The van der Waals surface area contributed by atoms with E-state index in [2.05, 4.69) is 13.8 Å². The molecule has 0 unspecified atom stereocenters. The van der Waals surface area contributed by atoms with Crippen molar-refractivity contribution in [3.8, 4) is 0 Å². The molecule has 4 rings (SSSR count). The monoisotopic (exact) mass is 264 g/mol. The molecule has 0 aromatic heterocycles. The third kappa shape index (κ3) is 1.24. The molecule has 4 nitrogen and oxygen atoms in total. The summed E-state index contributed by atoms with van der Waals surface area (Å²) >= 11 is 0. The second-order valence-corrected chi connectivity index (χ2v) is 7.21. The minimum Gasteiger partial charge on any atom is -0.461 e. The van der Waals surface area contributed by atoms with Gasteiger partial charge in [-0.15, -0.1) is 0 Å². The van der Waals surface area contributed by atoms with Gasteiger partial charge in [0.25, 0.3) is 0 Å². The van der Waals surface area contributed by atoms with Crippen LogP contribution in [0.1, 0.15) is 40.0 Å². The van der Waals surface area contributed by atoms with Gasteiger partial charge in [-0.25, -0.2) is 0 Å². The second kappa shape index (κ2) is 3.22. The molecular formula is C15H20O4. The molecule has 0 bridgehead atoms. The summed E-state index contributed by atoms with van der Waals surface area (Å²) in [6, 6.07) is 0. The van der Waals surface area contributed by atoms with Crippen LogP contribution in [0.3, 0.4) is 0 Å². The number of ether oxygens (including phenoxy) is 2. The number of Topliss-reactive ketones (excluding diaryl/α,β-unsaturated/α-hetero) is 1. The van der Waals surface area contributed by atoms with Crippen molar-refractivity contribution in [3.63, 3.8) is 0 Å². The molecule has 0 amide bonds. The van der Waals surface area contributed by atoms with Gasteiger partial charge in [0.05, 0.1) is 17.6 Å². The number of hydrogen-bond acceptors (Lipinski definition) is 4. The van der Waals surface area contributed by atoms with Crippen molar-refractivity contribution < 1.29 is 19.1 Å². The Morgan fingerprint density at radius 1 is 1.26 bits per heavy atom. The Balaban J connectivity index is 1.78. The van der Waals surface area contributed by atoms with Crippen LogP contribution in [0.5, 0.6) is 0 Å². The van der Waals surface area contributed by atoms with E-state index in [4.69, 9.17) is 9.47 Å². The molecule has 2 aliphatic heterocycles. The average molecular weight is 264 g/mol. The molecule has 104 valence electrons. The zero-order chi connectivity index (χ0) is 13.6. The van der Waals surface area contributed by atoms with Crippen LogP contribution in [0.4, 0.5) is 0 Å². The van der Waals surface area contributed by atoms with Gasteiger partial charge in [-0.05, 0) is 19.8 Å². The highest BCUT2D eigenvalue weighted by Crippen LogP contribution is 2.64. The average Bonchev–Trinajstić information content (AvgIpc) is 2.90. The standard InChI is InChI=1S/C15H20O4/c1-7-8-4-5-14(2)9(16)6-10-15(3,19-10)12(14)11(8)18-13(7)17/h7-8,10-12H,4-6H2,1-3H3/t7-,8-,10+,11-,12+,14-,15+/m0/s1. The summed E-state index contributed by atoms with van der Waals surface area (Å²) in [5.41, 5.74) is -0.621. The molecule has 2 saturated carbocycles. The molecule has 19 heavy (non-hydrogen) atoms. The van der Waals surface area contributed by atoms with E-state index in [1.807, 2.05) is 6.92 Å². The number of epoxide rings is 1. The Morgan fingerprint density at radius 3 is 2.74 bits per heavy atom. The fourth-order valence-corrected chi connectivity index (χ4v) is 4.97. The van der Waals surface area contributed by atoms with Crippen LogP contribution in [0.25, 0.3) is 0 Å². The fraction of sp³-hybridized carbons (Fsp3) is 0.867. The van der Waals surface area contributed by atoms with E-state index < -0.39 is 0 Å². The van der Waals surface area contributed by atoms with E-state index >= 15 is 0 Å². The van der Waals surface area contributed by atoms with Crippen molar-refractivity contribution in [1.82, 2.24) is 0 Å². The topological polar surface area (TPSA) is 55.9 Å². The number of hydrogen-bond donors (Lipinski definition) is 0. The first-order chi connectivity index (χ1) is 8.88. The molecule has 4 fully saturated rings. The lowest BCUT2D eigenvalue weighted by Gasteiger charge is -2.49. The van der Waals surface area contributed by atoms with Gasteiger partial charge in [-0.3, -0.25) is 9.59 Å². The van der Waals surface area contributed by atoms with Crippen molar-refractivity contribution in [2.45, 2.75) is 57.8 Å². The summed E-state index contributed by atoms with van der Waals surface area (Å²) in [4.78, 5) is 24.3. The van der Waals surface area contributed by atoms with Gasteiger partial charge in [0.2, 0.25) is 0 Å². The first kappa shape index (κ1) is 11.9. The van der Waals surface area contributed by atoms with E-state index in [0.717, 1.165) is 12.8 Å². The van der Waals surface area contributed by atoms with Crippen LogP contribution in [0.2, 0.25) is 0 Å². The summed E-state index contributed by atoms with van der Waals surface area (Å²) in [5.74, 6) is 0.467. The quantitative estimate of drug-likeness (QED) is 0.493. The SMILES string of the molecule is C[C@@H]1C(=O)O[C@H]2[C@H]1CC[C@@]1(C)C(=O)C[C@H]3O[C@@]3(C)[C@H]21. The zero-order valence-corrected chi connectivity index (χ0v) is 11.6. The minimum absolute atomic E-state index is 0.0348. The van der Waals surface area contributed by atoms with Gasteiger partial charge in [-0.1, -0.05) is 13.8 Å². The Labute approximate surface area is 112 Å². The van der Waals surface area contributed by atoms with E-state index in [1.54, 1.807) is 0 Å². The van der Waals surface area contributed by atoms with Gasteiger partial charge in [0, 0.05) is 23.7 Å². The zero-order valence-electron chi connectivity index (χ0n) is 11.6. The van der Waals surface area contributed by atoms with Gasteiger partial charge < -0.3 is 9.47 Å². The van der Waals surface area contributed by atoms with Crippen molar-refractivity contribution >= 4 is 11.8 Å². The van der Waals surface area contributed by atoms with Gasteiger partial charge in [0.15, 0.2) is 0 Å². The molecule has 4 aliphatic rings. The number of esters is 1. The molecule has 7 atom stereocenters. The van der Waals surface area contributed by atoms with Crippen LogP contribution in [-0.4, -0.2) is 29.6 Å². The van der Waals surface area contributed by atoms with E-state index in [-0.39, 0.29) is 46.9 Å². The lowest BCUT2D eigenvalue weighted by atomic mass is 9.52. The number of carbonyl (C=O) groups excluding carboxylic acids is 2. The molecule has 2 heterocycles. The van der Waals surface area contributed by atoms with Crippen molar-refractivity contribution in [2.75, 3.05) is 0 Å². The van der Waals surface area contributed by atoms with Crippen molar-refractivity contribution in [1.29, 1.82) is 0 Å². The lowest BCUT2D eigenvalue weighted by Crippen LogP contribution is -2.57. The highest BCUT2D eigenvalue weighted by molar-refractivity contribution is 5.88. The first-order valence-electron chi connectivity index (χ1n) is 7.29. The summed E-state index contributed by atoms with van der Waals surface area (Å²) in [7, 11) is 0. The predicted octanol–water partition coefficient (Wildman–Crippen LogP) is 1.71. The smallest absolute Gasteiger partial charge is 0.309 e. The molecule has 0 spiro atoms. The normalized spacial score (nSPS) is 59.0. The summed E-state index contributed by atoms with van der Waals surface area (Å²) < 4.78 is 11.5. The Morgan fingerprint density at radius 2 is 2.00 bits per heavy atom. The molecular weight excluding hydrogens is 244 g/mol. The van der Waals surface area contributed by atoms with Gasteiger partial charge in [-0.2, -0.15) is 0 Å². The Hall–Kier alpha value is -0.900. The van der Waals surface area contributed by atoms with E-state index in [9.17, 15) is 9.59 Å². The largest absolute Gasteiger partial charge is 0.461 e. The van der Waals surface area contributed by atoms with Crippen LogP contribution in [-0.2, 0) is 19.1 Å². The first-order valence-corrected chi connectivity index (χ1v) is 7.29. The Bertz CT molecular complexity index is 487. The van der Waals surface area contributed by atoms with Gasteiger partial charge >= 0.3 is 5.97 Å². The maximum atomic E-state index is 12.5. The highest BCUT2D eigenvalue weighted by atomic mass is 16.6. The van der Waals surface area contributed by atoms with Crippen molar-refractivity contribution in [3.05, 3.63) is 0 Å². The third-order valence-corrected chi connectivity index (χ3v) is 6.30. The molecule has 0 radical (unpaired) electrons. The van der Waals surface area contributed by atoms with Crippen LogP contribution < -0.4 is 0 Å². The van der Waals surface area contributed by atoms with Crippen molar-refractivity contribution in [2.24, 2.45) is 23.2 Å². The number of fused-ring (bicyclic) bond motifs is 5. The minimum atomic E-state index is -0.368. The number of rotatable bonds is 0. The van der Waals surface area contributed by atoms with E-state index in [1.165, 1.54) is 0 Å². The number of ketones is 1. The molecule has 2 saturated heterocycles. The molecule has 0 N–H and O–H groups in total. The molecule has 0 aromatic rings. The maximum absolute atomic E-state index is 12.5. The number of carbonyl (C=O) groups is 2. The molecule has 4 heteroatoms. The lowest BCUT2D eigenvalue weighted by molar-refractivity contribution is -0.158. The van der Waals surface area contributed by atoms with E-state index in [0.29, 0.717) is 12.2 Å². The van der Waals surface area contributed by atoms with Gasteiger partial charge in [0.1, 0.15) is 11.9 Å². The van der Waals surface area contributed by atoms with Crippen LogP contribution in [0, 0.1) is 23.2 Å². The third-order valence-electron chi connectivity index (χ3n) is 6.30. The second-order valence-electron chi connectivity index (χ2n) is 7.21. The predicted molar refractivity (Wildman–Crippen MR) is 66.3 cm³/mol. The summed E-state index contributed by atoms with van der Waals surface area (Å²) in [5, 5.41) is 0. The Kier molecular flexibility index (Phi) is 2.01. The molecule has 2 aliphatic carbocycles. The summed E-state index contributed by atoms with van der Waals surface area (Å²) in [6.07, 6.45) is 2.23. The fourth-order valence-electron chi connectivity index (χ4n) is 4.97. The maximum Gasteiger partial charge on any atom is 0.309 e.